The zero-order valence-electron chi connectivity index (χ0n) is 23.3. The summed E-state index contributed by atoms with van der Waals surface area (Å²) in [5, 5.41) is 3.34. The molecule has 4 aromatic rings. The second-order valence-corrected chi connectivity index (χ2v) is 11.3. The highest BCUT2D eigenvalue weighted by Crippen LogP contribution is 2.33. The molecule has 4 aliphatic heterocycles. The molecule has 3 aromatic carbocycles. The number of ether oxygens (including phenoxy) is 1. The normalized spacial score (nSPS) is 21.0. The lowest BCUT2D eigenvalue weighted by Gasteiger charge is -2.44. The maximum Gasteiger partial charge on any atom is 0.268 e. The van der Waals surface area contributed by atoms with Gasteiger partial charge in [-0.3, -0.25) is 9.59 Å². The van der Waals surface area contributed by atoms with Crippen molar-refractivity contribution in [3.63, 3.8) is 0 Å². The molecule has 0 spiro atoms. The predicted octanol–water partition coefficient (Wildman–Crippen LogP) is 5.20. The van der Waals surface area contributed by atoms with Crippen molar-refractivity contribution in [3.8, 4) is 16.9 Å². The van der Waals surface area contributed by atoms with Gasteiger partial charge in [-0.15, -0.1) is 0 Å². The topological polar surface area (TPSA) is 66.8 Å². The van der Waals surface area contributed by atoms with Gasteiger partial charge >= 0.3 is 0 Å². The number of carbonyl (C=O) groups excluding carboxylic acids is 2. The number of para-hydroxylation sites is 2. The summed E-state index contributed by atoms with van der Waals surface area (Å²) in [5.74, 6) is 1.25. The summed E-state index contributed by atoms with van der Waals surface area (Å²) in [5.41, 5.74) is 6.07. The van der Waals surface area contributed by atoms with Crippen molar-refractivity contribution in [3.05, 3.63) is 107 Å². The molecule has 2 amide bonds. The fraction of sp³-hybridized carbons (Fsp3) is 0.294. The summed E-state index contributed by atoms with van der Waals surface area (Å²) < 4.78 is 7.60. The second-order valence-electron chi connectivity index (χ2n) is 11.3. The van der Waals surface area contributed by atoms with E-state index in [0.717, 1.165) is 66.3 Å². The van der Waals surface area contributed by atoms with Gasteiger partial charge < -0.3 is 24.4 Å². The first-order chi connectivity index (χ1) is 20.1. The van der Waals surface area contributed by atoms with E-state index < -0.39 is 0 Å². The lowest BCUT2D eigenvalue weighted by atomic mass is 9.84. The molecule has 7 heteroatoms. The number of rotatable bonds is 5. The van der Waals surface area contributed by atoms with Gasteiger partial charge in [0.25, 0.3) is 11.8 Å². The molecule has 4 aliphatic rings. The standard InChI is InChI=1S/C34H34N4O3/c1-41-32-9-5-3-7-28(32)23-10-12-25(13-11-23)34(40)38-21-27-14-15-31(37(27)20-26-6-2-4-8-30(26)38)33(39)35-29-22-36-18-16-24(29)17-19-36/h2-15,24,29H,16-22H2,1H3,(H,35,39)/t29-/m0/s1. The van der Waals surface area contributed by atoms with E-state index >= 15 is 0 Å². The molecule has 208 valence electrons. The van der Waals surface area contributed by atoms with Crippen LogP contribution < -0.4 is 15.0 Å². The van der Waals surface area contributed by atoms with Crippen LogP contribution in [0.4, 0.5) is 5.69 Å². The van der Waals surface area contributed by atoms with Crippen LogP contribution in [0, 0.1) is 5.92 Å². The van der Waals surface area contributed by atoms with Gasteiger partial charge in [0, 0.05) is 35.1 Å². The smallest absolute Gasteiger partial charge is 0.268 e. The number of methoxy groups -OCH3 is 1. The van der Waals surface area contributed by atoms with Crippen LogP contribution in [0.25, 0.3) is 11.1 Å². The molecule has 41 heavy (non-hydrogen) atoms. The van der Waals surface area contributed by atoms with Crippen LogP contribution in [0.1, 0.15) is 44.9 Å². The molecule has 3 saturated heterocycles. The van der Waals surface area contributed by atoms with Crippen molar-refractivity contribution in [2.24, 2.45) is 5.92 Å². The number of anilines is 1. The zero-order valence-corrected chi connectivity index (χ0v) is 23.3. The molecular formula is C34H34N4O3. The highest BCUT2D eigenvalue weighted by atomic mass is 16.5. The van der Waals surface area contributed by atoms with Gasteiger partial charge in [-0.2, -0.15) is 0 Å². The van der Waals surface area contributed by atoms with Crippen molar-refractivity contribution in [1.29, 1.82) is 0 Å². The Morgan fingerprint density at radius 3 is 2.37 bits per heavy atom. The highest BCUT2D eigenvalue weighted by molar-refractivity contribution is 6.07. The quantitative estimate of drug-likeness (QED) is 0.374. The molecule has 7 nitrogen and oxygen atoms in total. The van der Waals surface area contributed by atoms with Crippen molar-refractivity contribution in [2.45, 2.75) is 32.0 Å². The minimum atomic E-state index is -0.0723. The van der Waals surface area contributed by atoms with Gasteiger partial charge in [0.2, 0.25) is 0 Å². The van der Waals surface area contributed by atoms with Gasteiger partial charge in [-0.05, 0) is 79.4 Å². The molecule has 1 atom stereocenters. The van der Waals surface area contributed by atoms with Crippen molar-refractivity contribution in [2.75, 3.05) is 31.6 Å². The van der Waals surface area contributed by atoms with Crippen LogP contribution >= 0.6 is 0 Å². The Morgan fingerprint density at radius 2 is 1.61 bits per heavy atom. The number of nitrogens with zero attached hydrogens (tertiary/aromatic N) is 3. The molecule has 0 aliphatic carbocycles. The minimum absolute atomic E-state index is 0.0285. The molecule has 0 saturated carbocycles. The van der Waals surface area contributed by atoms with E-state index in [0.29, 0.717) is 30.3 Å². The summed E-state index contributed by atoms with van der Waals surface area (Å²) in [7, 11) is 1.66. The predicted molar refractivity (Wildman–Crippen MR) is 159 cm³/mol. The molecule has 2 bridgehead atoms. The molecule has 3 fully saturated rings. The van der Waals surface area contributed by atoms with E-state index in [9.17, 15) is 9.59 Å². The number of fused-ring (bicyclic) bond motifs is 5. The Hall–Kier alpha value is -4.36. The molecule has 8 rings (SSSR count). The Morgan fingerprint density at radius 1 is 0.854 bits per heavy atom. The maximum absolute atomic E-state index is 14.0. The lowest BCUT2D eigenvalue weighted by Crippen LogP contribution is -2.57. The Kier molecular flexibility index (Phi) is 6.59. The van der Waals surface area contributed by atoms with Crippen LogP contribution in [-0.4, -0.2) is 54.1 Å². The van der Waals surface area contributed by atoms with Gasteiger partial charge in [-0.25, -0.2) is 0 Å². The fourth-order valence-electron chi connectivity index (χ4n) is 6.74. The van der Waals surface area contributed by atoms with Gasteiger partial charge in [0.05, 0.1) is 20.2 Å². The molecule has 1 N–H and O–H groups in total. The van der Waals surface area contributed by atoms with E-state index in [2.05, 4.69) is 14.8 Å². The first-order valence-electron chi connectivity index (χ1n) is 14.4. The highest BCUT2D eigenvalue weighted by Gasteiger charge is 2.36. The third kappa shape index (κ3) is 4.70. The average molecular weight is 547 g/mol. The third-order valence-corrected chi connectivity index (χ3v) is 9.00. The molecule has 0 unspecified atom stereocenters. The first-order valence-corrected chi connectivity index (χ1v) is 14.4. The summed E-state index contributed by atoms with van der Waals surface area (Å²) in [6, 6.07) is 27.7. The van der Waals surface area contributed by atoms with Crippen LogP contribution in [0.2, 0.25) is 0 Å². The molecule has 1 aromatic heterocycles. The summed E-state index contributed by atoms with van der Waals surface area (Å²) >= 11 is 0. The average Bonchev–Trinajstić information content (AvgIpc) is 3.34. The number of benzene rings is 3. The fourth-order valence-corrected chi connectivity index (χ4v) is 6.74. The molecule has 5 heterocycles. The van der Waals surface area contributed by atoms with Gasteiger partial charge in [0.1, 0.15) is 11.4 Å². The lowest BCUT2D eigenvalue weighted by molar-refractivity contribution is 0.0615. The largest absolute Gasteiger partial charge is 0.496 e. The number of aromatic nitrogens is 1. The summed E-state index contributed by atoms with van der Waals surface area (Å²) in [4.78, 5) is 31.8. The van der Waals surface area contributed by atoms with E-state index in [1.165, 1.54) is 0 Å². The monoisotopic (exact) mass is 546 g/mol. The SMILES string of the molecule is COc1ccccc1-c1ccc(C(=O)N2Cc3ccc(C(=O)N[C@H]4CN5CCC4CC5)n3Cc3ccccc32)cc1. The molecular weight excluding hydrogens is 512 g/mol. The van der Waals surface area contributed by atoms with Gasteiger partial charge in [0.15, 0.2) is 0 Å². The molecule has 0 radical (unpaired) electrons. The Bertz CT molecular complexity index is 1600. The van der Waals surface area contributed by atoms with E-state index in [1.807, 2.05) is 89.8 Å². The Balaban J connectivity index is 1.16. The summed E-state index contributed by atoms with van der Waals surface area (Å²) in [6.45, 7) is 4.14. The number of carbonyl (C=O) groups is 2. The van der Waals surface area contributed by atoms with Crippen molar-refractivity contribution in [1.82, 2.24) is 14.8 Å². The first kappa shape index (κ1) is 25.6. The third-order valence-electron chi connectivity index (χ3n) is 9.00. The van der Waals surface area contributed by atoms with E-state index in [4.69, 9.17) is 4.74 Å². The zero-order chi connectivity index (χ0) is 27.9. The van der Waals surface area contributed by atoms with E-state index in [-0.39, 0.29) is 17.9 Å². The van der Waals surface area contributed by atoms with Crippen molar-refractivity contribution >= 4 is 17.5 Å². The Labute approximate surface area is 240 Å². The second kappa shape index (κ2) is 10.6. The van der Waals surface area contributed by atoms with Crippen LogP contribution in [0.3, 0.4) is 0 Å². The van der Waals surface area contributed by atoms with Crippen molar-refractivity contribution < 1.29 is 14.3 Å². The number of hydrogen-bond donors (Lipinski definition) is 1. The van der Waals surface area contributed by atoms with Crippen LogP contribution in [-0.2, 0) is 13.1 Å². The number of amides is 2. The minimum Gasteiger partial charge on any atom is -0.496 e. The van der Waals surface area contributed by atoms with Gasteiger partial charge in [-0.1, -0.05) is 48.5 Å². The maximum atomic E-state index is 14.0. The summed E-state index contributed by atoms with van der Waals surface area (Å²) in [6.07, 6.45) is 2.31. The van der Waals surface area contributed by atoms with Crippen LogP contribution in [0.5, 0.6) is 5.75 Å². The van der Waals surface area contributed by atoms with E-state index in [1.54, 1.807) is 7.11 Å². The number of piperidine rings is 3. The number of hydrogen-bond acceptors (Lipinski definition) is 4. The number of nitrogens with one attached hydrogen (secondary N) is 1. The van der Waals surface area contributed by atoms with Crippen LogP contribution in [0.15, 0.2) is 84.9 Å².